The molecular weight excluding hydrogens is 264 g/mol. The predicted molar refractivity (Wildman–Crippen MR) is 86.5 cm³/mol. The van der Waals surface area contributed by atoms with Crippen LogP contribution in [0.3, 0.4) is 0 Å². The van der Waals surface area contributed by atoms with Gasteiger partial charge in [0, 0.05) is 13.0 Å². The highest BCUT2D eigenvalue weighted by atomic mass is 28.3. The minimum atomic E-state index is -1.36. The Hall–Kier alpha value is -1.42. The van der Waals surface area contributed by atoms with E-state index < -0.39 is 8.07 Å². The summed E-state index contributed by atoms with van der Waals surface area (Å²) in [7, 11) is -1.36. The van der Waals surface area contributed by atoms with E-state index in [4.69, 9.17) is 4.98 Å². The van der Waals surface area contributed by atoms with Crippen molar-refractivity contribution in [2.75, 3.05) is 0 Å². The number of benzene rings is 1. The van der Waals surface area contributed by atoms with Gasteiger partial charge in [0.2, 0.25) is 0 Å². The van der Waals surface area contributed by atoms with Crippen LogP contribution in [0, 0.1) is 0 Å². The van der Waals surface area contributed by atoms with Gasteiger partial charge in [0.1, 0.15) is 5.82 Å². The van der Waals surface area contributed by atoms with E-state index in [0.29, 0.717) is 0 Å². The van der Waals surface area contributed by atoms with Crippen molar-refractivity contribution in [2.24, 2.45) is 0 Å². The largest absolute Gasteiger partial charge is 0.296 e. The van der Waals surface area contributed by atoms with Crippen molar-refractivity contribution in [3.05, 3.63) is 34.4 Å². The molecular formula is C16H22N2OSi. The minimum Gasteiger partial charge on any atom is -0.296 e. The quantitative estimate of drug-likeness (QED) is 0.755. The van der Waals surface area contributed by atoms with Gasteiger partial charge in [-0.2, -0.15) is 0 Å². The first-order valence-electron chi connectivity index (χ1n) is 7.51. The summed E-state index contributed by atoms with van der Waals surface area (Å²) in [6, 6.07) is 6.26. The minimum absolute atomic E-state index is 0.147. The number of aryl methyl sites for hydroxylation is 1. The molecule has 0 saturated heterocycles. The topological polar surface area (TPSA) is 34.9 Å². The van der Waals surface area contributed by atoms with Crippen molar-refractivity contribution >= 4 is 24.2 Å². The zero-order valence-corrected chi connectivity index (χ0v) is 13.6. The second-order valence-electron chi connectivity index (χ2n) is 6.78. The highest BCUT2D eigenvalue weighted by Gasteiger charge is 2.19. The Bertz CT molecular complexity index is 713. The van der Waals surface area contributed by atoms with Crippen LogP contribution in [0.1, 0.15) is 25.1 Å². The molecule has 20 heavy (non-hydrogen) atoms. The van der Waals surface area contributed by atoms with E-state index in [1.54, 1.807) is 0 Å². The molecule has 0 spiro atoms. The molecule has 0 unspecified atom stereocenters. The molecule has 0 fully saturated rings. The lowest BCUT2D eigenvalue weighted by atomic mass is 10.2. The van der Waals surface area contributed by atoms with Crippen LogP contribution in [0.15, 0.2) is 23.0 Å². The maximum absolute atomic E-state index is 12.6. The first-order chi connectivity index (χ1) is 9.47. The predicted octanol–water partition coefficient (Wildman–Crippen LogP) is 2.67. The molecule has 0 atom stereocenters. The van der Waals surface area contributed by atoms with E-state index in [0.717, 1.165) is 42.5 Å². The van der Waals surface area contributed by atoms with Crippen LogP contribution in [0.25, 0.3) is 10.9 Å². The summed E-state index contributed by atoms with van der Waals surface area (Å²) in [5.74, 6) is 0.979. The molecule has 0 aliphatic carbocycles. The summed E-state index contributed by atoms with van der Waals surface area (Å²) >= 11 is 0. The zero-order valence-electron chi connectivity index (χ0n) is 12.6. The van der Waals surface area contributed by atoms with E-state index >= 15 is 0 Å². The summed E-state index contributed by atoms with van der Waals surface area (Å²) in [5.41, 5.74) is 1.04. The Morgan fingerprint density at radius 2 is 1.95 bits per heavy atom. The van der Waals surface area contributed by atoms with Crippen LogP contribution in [0.5, 0.6) is 0 Å². The van der Waals surface area contributed by atoms with Crippen LogP contribution in [-0.2, 0) is 13.0 Å². The summed E-state index contributed by atoms with van der Waals surface area (Å²) < 4.78 is 1.89. The van der Waals surface area contributed by atoms with Gasteiger partial charge in [-0.05, 0) is 25.0 Å². The Morgan fingerprint density at radius 1 is 1.15 bits per heavy atom. The molecule has 0 radical (unpaired) electrons. The normalized spacial score (nSPS) is 15.9. The van der Waals surface area contributed by atoms with Gasteiger partial charge >= 0.3 is 0 Å². The van der Waals surface area contributed by atoms with Gasteiger partial charge in [0.15, 0.2) is 0 Å². The summed E-state index contributed by atoms with van der Waals surface area (Å²) in [5, 5.41) is 2.15. The summed E-state index contributed by atoms with van der Waals surface area (Å²) in [6.07, 6.45) is 4.36. The van der Waals surface area contributed by atoms with Crippen LogP contribution in [0.4, 0.5) is 0 Å². The van der Waals surface area contributed by atoms with Gasteiger partial charge in [-0.1, -0.05) is 37.3 Å². The van der Waals surface area contributed by atoms with Crippen molar-refractivity contribution in [1.82, 2.24) is 9.55 Å². The third-order valence-electron chi connectivity index (χ3n) is 4.18. The fraction of sp³-hybridized carbons (Fsp3) is 0.500. The summed E-state index contributed by atoms with van der Waals surface area (Å²) in [4.78, 5) is 17.4. The van der Waals surface area contributed by atoms with E-state index in [1.807, 2.05) is 10.6 Å². The number of fused-ring (bicyclic) bond motifs is 2. The van der Waals surface area contributed by atoms with Gasteiger partial charge in [-0.15, -0.1) is 0 Å². The molecule has 0 N–H and O–H groups in total. The highest BCUT2D eigenvalue weighted by Crippen LogP contribution is 2.15. The molecule has 3 rings (SSSR count). The Kier molecular flexibility index (Phi) is 3.28. The Balaban J connectivity index is 2.25. The monoisotopic (exact) mass is 286 g/mol. The molecule has 0 amide bonds. The molecule has 0 bridgehead atoms. The van der Waals surface area contributed by atoms with E-state index in [9.17, 15) is 4.79 Å². The molecule has 1 aromatic heterocycles. The molecule has 0 saturated carbocycles. The standard InChI is InChI=1S/C16H22N2OSi/c1-20(2,3)12-8-9-13-14(11-12)17-15-7-5-4-6-10-18(15)16(13)19/h8-9,11H,4-7,10H2,1-3H3. The van der Waals surface area contributed by atoms with Crippen molar-refractivity contribution < 1.29 is 0 Å². The van der Waals surface area contributed by atoms with Gasteiger partial charge in [-0.25, -0.2) is 4.98 Å². The number of nitrogens with zero attached hydrogens (tertiary/aromatic N) is 2. The molecule has 3 nitrogen and oxygen atoms in total. The maximum Gasteiger partial charge on any atom is 0.261 e. The Morgan fingerprint density at radius 3 is 2.70 bits per heavy atom. The van der Waals surface area contributed by atoms with Gasteiger partial charge in [-0.3, -0.25) is 9.36 Å². The van der Waals surface area contributed by atoms with Crippen LogP contribution in [0.2, 0.25) is 19.6 Å². The smallest absolute Gasteiger partial charge is 0.261 e. The first kappa shape index (κ1) is 13.6. The van der Waals surface area contributed by atoms with Crippen molar-refractivity contribution in [2.45, 2.75) is 51.9 Å². The lowest BCUT2D eigenvalue weighted by Gasteiger charge is -2.17. The number of rotatable bonds is 1. The molecule has 106 valence electrons. The van der Waals surface area contributed by atoms with Crippen LogP contribution >= 0.6 is 0 Å². The fourth-order valence-corrected chi connectivity index (χ4v) is 4.04. The average Bonchev–Trinajstić information content (AvgIpc) is 2.63. The number of aromatic nitrogens is 2. The molecule has 1 aliphatic heterocycles. The van der Waals surface area contributed by atoms with Crippen LogP contribution < -0.4 is 10.7 Å². The molecule has 2 aromatic rings. The first-order valence-corrected chi connectivity index (χ1v) is 11.0. The molecule has 1 aliphatic rings. The third-order valence-corrected chi connectivity index (χ3v) is 6.23. The molecule has 4 heteroatoms. The Labute approximate surface area is 120 Å². The maximum atomic E-state index is 12.6. The van der Waals surface area contributed by atoms with Crippen molar-refractivity contribution in [3.8, 4) is 0 Å². The molecule has 1 aromatic carbocycles. The fourth-order valence-electron chi connectivity index (χ4n) is 2.88. The summed E-state index contributed by atoms with van der Waals surface area (Å²) in [6.45, 7) is 7.80. The van der Waals surface area contributed by atoms with Gasteiger partial charge in [0.25, 0.3) is 5.56 Å². The average molecular weight is 286 g/mol. The molecule has 2 heterocycles. The number of hydrogen-bond acceptors (Lipinski definition) is 2. The van der Waals surface area contributed by atoms with Crippen LogP contribution in [-0.4, -0.2) is 17.6 Å². The zero-order chi connectivity index (χ0) is 14.3. The highest BCUT2D eigenvalue weighted by molar-refractivity contribution is 6.88. The van der Waals surface area contributed by atoms with E-state index in [-0.39, 0.29) is 5.56 Å². The van der Waals surface area contributed by atoms with E-state index in [2.05, 4.69) is 31.8 Å². The lowest BCUT2D eigenvalue weighted by molar-refractivity contribution is 0.614. The van der Waals surface area contributed by atoms with Gasteiger partial charge in [0.05, 0.1) is 19.0 Å². The number of hydrogen-bond donors (Lipinski definition) is 0. The second-order valence-corrected chi connectivity index (χ2v) is 11.9. The van der Waals surface area contributed by atoms with Crippen molar-refractivity contribution in [3.63, 3.8) is 0 Å². The van der Waals surface area contributed by atoms with Crippen molar-refractivity contribution in [1.29, 1.82) is 0 Å². The SMILES string of the molecule is C[Si](C)(C)c1ccc2c(=O)n3c(nc2c1)CCCCC3. The second kappa shape index (κ2) is 4.84. The van der Waals surface area contributed by atoms with Gasteiger partial charge < -0.3 is 0 Å². The third kappa shape index (κ3) is 2.33. The lowest BCUT2D eigenvalue weighted by Crippen LogP contribution is -2.37. The van der Waals surface area contributed by atoms with E-state index in [1.165, 1.54) is 11.6 Å².